The van der Waals surface area contributed by atoms with Gasteiger partial charge in [-0.05, 0) is 17.2 Å². The lowest BCUT2D eigenvalue weighted by molar-refractivity contribution is 0.588. The van der Waals surface area contributed by atoms with Crippen LogP contribution in [0.15, 0.2) is 54.7 Å². The molecule has 3 rings (SSSR count). The van der Waals surface area contributed by atoms with Crippen LogP contribution >= 0.6 is 0 Å². The lowest BCUT2D eigenvalue weighted by Gasteiger charge is -2.09. The zero-order valence-corrected chi connectivity index (χ0v) is 12.6. The van der Waals surface area contributed by atoms with Crippen LogP contribution in [0.3, 0.4) is 0 Å². The van der Waals surface area contributed by atoms with Crippen LogP contribution in [0.5, 0.6) is 0 Å². The lowest BCUT2D eigenvalue weighted by atomic mass is 10.1. The van der Waals surface area contributed by atoms with E-state index in [4.69, 9.17) is 0 Å². The Hall–Kier alpha value is -2.13. The second-order valence-corrected chi connectivity index (χ2v) is 5.71. The van der Waals surface area contributed by atoms with Crippen molar-refractivity contribution in [2.24, 2.45) is 0 Å². The summed E-state index contributed by atoms with van der Waals surface area (Å²) in [6.45, 7) is 6.06. The minimum atomic E-state index is 0.514. The maximum Gasteiger partial charge on any atom is 0.0686 e. The first kappa shape index (κ1) is 13.8. The summed E-state index contributed by atoms with van der Waals surface area (Å²) < 4.78 is 2.05. The zero-order chi connectivity index (χ0) is 14.7. The topological polar surface area (TPSA) is 29.9 Å². The first-order valence-corrected chi connectivity index (χ1v) is 7.44. The fourth-order valence-electron chi connectivity index (χ4n) is 2.41. The molecule has 0 radical (unpaired) electrons. The van der Waals surface area contributed by atoms with Gasteiger partial charge in [0.25, 0.3) is 0 Å². The fourth-order valence-corrected chi connectivity index (χ4v) is 2.41. The maximum absolute atomic E-state index is 4.48. The number of para-hydroxylation sites is 1. The van der Waals surface area contributed by atoms with E-state index in [0.717, 1.165) is 13.1 Å². The number of hydrogen-bond donors (Lipinski definition) is 1. The van der Waals surface area contributed by atoms with Crippen LogP contribution < -0.4 is 5.32 Å². The number of nitrogens with zero attached hydrogens (tertiary/aromatic N) is 2. The number of rotatable bonds is 5. The summed E-state index contributed by atoms with van der Waals surface area (Å²) in [6, 6.07) is 17.6. The van der Waals surface area contributed by atoms with E-state index in [1.54, 1.807) is 0 Å². The molecule has 0 saturated carbocycles. The Kier molecular flexibility index (Phi) is 4.02. The second kappa shape index (κ2) is 6.10. The summed E-state index contributed by atoms with van der Waals surface area (Å²) in [5.41, 5.74) is 3.78. The molecule has 0 aliphatic rings. The van der Waals surface area contributed by atoms with Crippen molar-refractivity contribution >= 4 is 10.9 Å². The average Bonchev–Trinajstić information content (AvgIpc) is 2.90. The monoisotopic (exact) mass is 279 g/mol. The first-order chi connectivity index (χ1) is 10.2. The van der Waals surface area contributed by atoms with Crippen molar-refractivity contribution < 1.29 is 0 Å². The smallest absolute Gasteiger partial charge is 0.0686 e. The molecule has 0 atom stereocenters. The summed E-state index contributed by atoms with van der Waals surface area (Å²) in [5.74, 6) is 0. The van der Waals surface area contributed by atoms with Gasteiger partial charge in [-0.3, -0.25) is 4.68 Å². The van der Waals surface area contributed by atoms with E-state index >= 15 is 0 Å². The standard InChI is InChI=1S/C18H21N3/c1-14(2)19-11-15-7-9-16(10-8-15)13-21-18-6-4-3-5-17(18)12-20-21/h3-10,12,14,19H,11,13H2,1-2H3. The third-order valence-corrected chi connectivity index (χ3v) is 3.62. The van der Waals surface area contributed by atoms with Crippen molar-refractivity contribution in [2.45, 2.75) is 33.0 Å². The van der Waals surface area contributed by atoms with Crippen LogP contribution in [0.1, 0.15) is 25.0 Å². The van der Waals surface area contributed by atoms with Gasteiger partial charge in [0, 0.05) is 18.0 Å². The van der Waals surface area contributed by atoms with E-state index in [0.29, 0.717) is 6.04 Å². The molecule has 21 heavy (non-hydrogen) atoms. The van der Waals surface area contributed by atoms with Crippen molar-refractivity contribution in [3.63, 3.8) is 0 Å². The van der Waals surface area contributed by atoms with Gasteiger partial charge in [-0.2, -0.15) is 5.10 Å². The second-order valence-electron chi connectivity index (χ2n) is 5.71. The van der Waals surface area contributed by atoms with Gasteiger partial charge >= 0.3 is 0 Å². The molecule has 0 amide bonds. The SMILES string of the molecule is CC(C)NCc1ccc(Cn2ncc3ccccc32)cc1. The molecule has 0 unspecified atom stereocenters. The lowest BCUT2D eigenvalue weighted by Crippen LogP contribution is -2.21. The number of hydrogen-bond acceptors (Lipinski definition) is 2. The van der Waals surface area contributed by atoms with Crippen molar-refractivity contribution in [3.8, 4) is 0 Å². The molecule has 108 valence electrons. The maximum atomic E-state index is 4.48. The average molecular weight is 279 g/mol. The van der Waals surface area contributed by atoms with E-state index in [-0.39, 0.29) is 0 Å². The third kappa shape index (κ3) is 3.31. The molecule has 2 aromatic carbocycles. The molecule has 3 heteroatoms. The largest absolute Gasteiger partial charge is 0.310 e. The van der Waals surface area contributed by atoms with E-state index in [1.807, 2.05) is 12.3 Å². The highest BCUT2D eigenvalue weighted by Crippen LogP contribution is 2.14. The van der Waals surface area contributed by atoms with Gasteiger partial charge in [-0.25, -0.2) is 0 Å². The van der Waals surface area contributed by atoms with Gasteiger partial charge in [0.2, 0.25) is 0 Å². The first-order valence-electron chi connectivity index (χ1n) is 7.44. The predicted molar refractivity (Wildman–Crippen MR) is 87.3 cm³/mol. The number of fused-ring (bicyclic) bond motifs is 1. The van der Waals surface area contributed by atoms with Crippen molar-refractivity contribution in [3.05, 3.63) is 65.9 Å². The summed E-state index contributed by atoms with van der Waals surface area (Å²) in [6.07, 6.45) is 1.93. The summed E-state index contributed by atoms with van der Waals surface area (Å²) in [5, 5.41) is 9.10. The van der Waals surface area contributed by atoms with Gasteiger partial charge in [-0.1, -0.05) is 56.3 Å². The molecule has 1 N–H and O–H groups in total. The quantitative estimate of drug-likeness (QED) is 0.773. The van der Waals surface area contributed by atoms with Crippen LogP contribution in [-0.2, 0) is 13.1 Å². The molecule has 0 aliphatic heterocycles. The minimum Gasteiger partial charge on any atom is -0.310 e. The van der Waals surface area contributed by atoms with Crippen LogP contribution in [0.2, 0.25) is 0 Å². The van der Waals surface area contributed by atoms with Gasteiger partial charge in [0.15, 0.2) is 0 Å². The molecular formula is C18H21N3. The molecule has 0 spiro atoms. The van der Waals surface area contributed by atoms with Crippen molar-refractivity contribution in [1.82, 2.24) is 15.1 Å². The highest BCUT2D eigenvalue weighted by molar-refractivity contribution is 5.78. The zero-order valence-electron chi connectivity index (χ0n) is 12.6. The Morgan fingerprint density at radius 1 is 1.00 bits per heavy atom. The van der Waals surface area contributed by atoms with Crippen molar-refractivity contribution in [1.29, 1.82) is 0 Å². The van der Waals surface area contributed by atoms with Gasteiger partial charge < -0.3 is 5.32 Å². The molecule has 1 heterocycles. The minimum absolute atomic E-state index is 0.514. The van der Waals surface area contributed by atoms with E-state index in [9.17, 15) is 0 Å². The molecule has 0 fully saturated rings. The highest BCUT2D eigenvalue weighted by Gasteiger charge is 2.03. The van der Waals surface area contributed by atoms with Crippen LogP contribution in [0.25, 0.3) is 10.9 Å². The van der Waals surface area contributed by atoms with E-state index in [1.165, 1.54) is 22.0 Å². The molecule has 0 bridgehead atoms. The van der Waals surface area contributed by atoms with E-state index < -0.39 is 0 Å². The highest BCUT2D eigenvalue weighted by atomic mass is 15.3. The summed E-state index contributed by atoms with van der Waals surface area (Å²) >= 11 is 0. The fraction of sp³-hybridized carbons (Fsp3) is 0.278. The Morgan fingerprint density at radius 2 is 1.71 bits per heavy atom. The van der Waals surface area contributed by atoms with Gasteiger partial charge in [-0.15, -0.1) is 0 Å². The van der Waals surface area contributed by atoms with Crippen molar-refractivity contribution in [2.75, 3.05) is 0 Å². The Labute approximate surface area is 125 Å². The number of nitrogens with one attached hydrogen (secondary N) is 1. The molecule has 1 aromatic heterocycles. The van der Waals surface area contributed by atoms with Crippen LogP contribution in [0, 0.1) is 0 Å². The van der Waals surface area contributed by atoms with Gasteiger partial charge in [0.05, 0.1) is 18.3 Å². The molecular weight excluding hydrogens is 258 g/mol. The Bertz CT molecular complexity index is 711. The predicted octanol–water partition coefficient (Wildman–Crippen LogP) is 3.58. The molecule has 3 aromatic rings. The third-order valence-electron chi connectivity index (χ3n) is 3.62. The molecule has 0 saturated heterocycles. The Balaban J connectivity index is 1.73. The number of benzene rings is 2. The van der Waals surface area contributed by atoms with Crippen LogP contribution in [0.4, 0.5) is 0 Å². The van der Waals surface area contributed by atoms with Gasteiger partial charge in [0.1, 0.15) is 0 Å². The summed E-state index contributed by atoms with van der Waals surface area (Å²) in [4.78, 5) is 0. The normalized spacial score (nSPS) is 11.4. The molecule has 0 aliphatic carbocycles. The molecule has 3 nitrogen and oxygen atoms in total. The van der Waals surface area contributed by atoms with Crippen LogP contribution in [-0.4, -0.2) is 15.8 Å². The Morgan fingerprint density at radius 3 is 2.48 bits per heavy atom. The number of aromatic nitrogens is 2. The van der Waals surface area contributed by atoms with E-state index in [2.05, 4.69) is 71.4 Å². The summed E-state index contributed by atoms with van der Waals surface area (Å²) in [7, 11) is 0.